The van der Waals surface area contributed by atoms with E-state index in [0.29, 0.717) is 25.4 Å². The first-order chi connectivity index (χ1) is 8.10. The van der Waals surface area contributed by atoms with Gasteiger partial charge in [-0.25, -0.2) is 4.79 Å². The van der Waals surface area contributed by atoms with Crippen LogP contribution in [0.25, 0.3) is 0 Å². The number of carbonyl (C=O) groups excluding carboxylic acids is 1. The number of amides is 2. The molecular formula is C12H24N2O3. The predicted octanol–water partition coefficient (Wildman–Crippen LogP) is 1.98. The van der Waals surface area contributed by atoms with Crippen LogP contribution in [-0.4, -0.2) is 30.2 Å². The minimum absolute atomic E-state index is 0.152. The highest BCUT2D eigenvalue weighted by Crippen LogP contribution is 2.16. The van der Waals surface area contributed by atoms with Crippen molar-refractivity contribution in [3.8, 4) is 0 Å². The number of carbonyl (C=O) groups is 2. The highest BCUT2D eigenvalue weighted by molar-refractivity contribution is 5.73. The van der Waals surface area contributed by atoms with Crippen LogP contribution in [0.4, 0.5) is 4.79 Å². The minimum atomic E-state index is -0.747. The number of hydrogen-bond donors (Lipinski definition) is 3. The molecule has 3 N–H and O–H groups in total. The molecule has 1 unspecified atom stereocenters. The van der Waals surface area contributed by atoms with Crippen LogP contribution >= 0.6 is 0 Å². The molecule has 0 bridgehead atoms. The Kier molecular flexibility index (Phi) is 9.19. The summed E-state index contributed by atoms with van der Waals surface area (Å²) in [6, 6.07) is -0.152. The third kappa shape index (κ3) is 9.66. The van der Waals surface area contributed by atoms with E-state index < -0.39 is 5.97 Å². The zero-order chi connectivity index (χ0) is 13.1. The molecule has 0 radical (unpaired) electrons. The third-order valence-corrected chi connectivity index (χ3v) is 2.64. The lowest BCUT2D eigenvalue weighted by atomic mass is 9.94. The van der Waals surface area contributed by atoms with Crippen molar-refractivity contribution in [1.29, 1.82) is 0 Å². The molecule has 0 saturated heterocycles. The van der Waals surface area contributed by atoms with Crippen LogP contribution in [0.3, 0.4) is 0 Å². The molecule has 0 saturated carbocycles. The van der Waals surface area contributed by atoms with Gasteiger partial charge < -0.3 is 15.7 Å². The monoisotopic (exact) mass is 244 g/mol. The highest BCUT2D eigenvalue weighted by atomic mass is 16.4. The van der Waals surface area contributed by atoms with Crippen LogP contribution < -0.4 is 10.6 Å². The van der Waals surface area contributed by atoms with Gasteiger partial charge in [0.2, 0.25) is 0 Å². The predicted molar refractivity (Wildman–Crippen MR) is 67.0 cm³/mol. The number of carboxylic acids is 1. The van der Waals surface area contributed by atoms with E-state index in [-0.39, 0.29) is 12.5 Å². The fourth-order valence-corrected chi connectivity index (χ4v) is 1.78. The van der Waals surface area contributed by atoms with Crippen LogP contribution in [-0.2, 0) is 4.79 Å². The van der Waals surface area contributed by atoms with Gasteiger partial charge in [-0.3, -0.25) is 4.79 Å². The van der Waals surface area contributed by atoms with Crippen molar-refractivity contribution in [3.63, 3.8) is 0 Å². The number of aliphatic carboxylic acids is 1. The molecule has 1 atom stereocenters. The summed E-state index contributed by atoms with van der Waals surface area (Å²) < 4.78 is 0. The van der Waals surface area contributed by atoms with Crippen LogP contribution in [0, 0.1) is 5.92 Å². The van der Waals surface area contributed by atoms with E-state index in [1.54, 1.807) is 0 Å². The van der Waals surface area contributed by atoms with Gasteiger partial charge in [-0.2, -0.15) is 0 Å². The van der Waals surface area contributed by atoms with E-state index >= 15 is 0 Å². The van der Waals surface area contributed by atoms with Gasteiger partial charge in [0.25, 0.3) is 0 Å². The van der Waals surface area contributed by atoms with Gasteiger partial charge in [0.15, 0.2) is 0 Å². The van der Waals surface area contributed by atoms with Crippen LogP contribution in [0.5, 0.6) is 0 Å². The summed E-state index contributed by atoms with van der Waals surface area (Å²) in [6.07, 6.45) is 3.82. The Morgan fingerprint density at radius 2 is 1.82 bits per heavy atom. The Morgan fingerprint density at radius 1 is 1.12 bits per heavy atom. The van der Waals surface area contributed by atoms with E-state index in [2.05, 4.69) is 17.6 Å². The average Bonchev–Trinajstić information content (AvgIpc) is 2.26. The standard InChI is InChI=1S/C12H24N2O3/c1-3-5-10(6-7-11(15)16)8-9-14-12(17)13-4-2/h10H,3-9H2,1-2H3,(H,15,16)(H2,13,14,17). The number of hydrogen-bond acceptors (Lipinski definition) is 2. The normalized spacial score (nSPS) is 11.9. The minimum Gasteiger partial charge on any atom is -0.481 e. The summed E-state index contributed by atoms with van der Waals surface area (Å²) in [7, 11) is 0. The van der Waals surface area contributed by atoms with Gasteiger partial charge in [0.1, 0.15) is 0 Å². The van der Waals surface area contributed by atoms with Gasteiger partial charge in [0.05, 0.1) is 0 Å². The van der Waals surface area contributed by atoms with E-state index in [4.69, 9.17) is 5.11 Å². The maximum atomic E-state index is 11.1. The molecule has 5 heteroatoms. The van der Waals surface area contributed by atoms with Crippen LogP contribution in [0.2, 0.25) is 0 Å². The molecule has 100 valence electrons. The summed E-state index contributed by atoms with van der Waals surface area (Å²) in [5, 5.41) is 14.1. The second-order valence-corrected chi connectivity index (χ2v) is 4.16. The van der Waals surface area contributed by atoms with Crippen molar-refractivity contribution >= 4 is 12.0 Å². The van der Waals surface area contributed by atoms with Gasteiger partial charge >= 0.3 is 12.0 Å². The zero-order valence-corrected chi connectivity index (χ0v) is 10.8. The molecule has 0 rings (SSSR count). The molecule has 0 aromatic rings. The van der Waals surface area contributed by atoms with Gasteiger partial charge in [-0.15, -0.1) is 0 Å². The molecule has 0 fully saturated rings. The molecule has 2 amide bonds. The fraction of sp³-hybridized carbons (Fsp3) is 0.833. The Bertz CT molecular complexity index is 232. The maximum Gasteiger partial charge on any atom is 0.314 e. The van der Waals surface area contributed by atoms with E-state index in [1.165, 1.54) is 0 Å². The molecule has 0 aliphatic heterocycles. The second-order valence-electron chi connectivity index (χ2n) is 4.16. The maximum absolute atomic E-state index is 11.1. The lowest BCUT2D eigenvalue weighted by molar-refractivity contribution is -0.137. The Morgan fingerprint density at radius 3 is 2.35 bits per heavy atom. The summed E-state index contributed by atoms with van der Waals surface area (Å²) >= 11 is 0. The zero-order valence-electron chi connectivity index (χ0n) is 10.8. The summed E-state index contributed by atoms with van der Waals surface area (Å²) in [5.41, 5.74) is 0. The third-order valence-electron chi connectivity index (χ3n) is 2.64. The largest absolute Gasteiger partial charge is 0.481 e. The van der Waals surface area contributed by atoms with Crippen molar-refractivity contribution in [2.24, 2.45) is 5.92 Å². The smallest absolute Gasteiger partial charge is 0.314 e. The van der Waals surface area contributed by atoms with Crippen LogP contribution in [0.15, 0.2) is 0 Å². The highest BCUT2D eigenvalue weighted by Gasteiger charge is 2.10. The molecule has 17 heavy (non-hydrogen) atoms. The molecule has 0 spiro atoms. The number of urea groups is 1. The van der Waals surface area contributed by atoms with E-state index in [9.17, 15) is 9.59 Å². The first-order valence-corrected chi connectivity index (χ1v) is 6.33. The SMILES string of the molecule is CCCC(CCNC(=O)NCC)CCC(=O)O. The van der Waals surface area contributed by atoms with Gasteiger partial charge in [0, 0.05) is 19.5 Å². The van der Waals surface area contributed by atoms with E-state index in [0.717, 1.165) is 19.3 Å². The first kappa shape index (κ1) is 15.7. The molecule has 0 aromatic carbocycles. The van der Waals surface area contributed by atoms with E-state index in [1.807, 2.05) is 6.92 Å². The summed E-state index contributed by atoms with van der Waals surface area (Å²) in [4.78, 5) is 21.6. The molecule has 0 aliphatic rings. The topological polar surface area (TPSA) is 78.4 Å². The quantitative estimate of drug-likeness (QED) is 0.580. The Hall–Kier alpha value is -1.26. The number of carboxylic acid groups (broad SMARTS) is 1. The van der Waals surface area contributed by atoms with Crippen molar-refractivity contribution in [2.75, 3.05) is 13.1 Å². The van der Waals surface area contributed by atoms with Crippen molar-refractivity contribution < 1.29 is 14.7 Å². The molecule has 0 aliphatic carbocycles. The van der Waals surface area contributed by atoms with Crippen molar-refractivity contribution in [1.82, 2.24) is 10.6 Å². The average molecular weight is 244 g/mol. The fourth-order valence-electron chi connectivity index (χ4n) is 1.78. The lowest BCUT2D eigenvalue weighted by Gasteiger charge is -2.15. The van der Waals surface area contributed by atoms with Crippen molar-refractivity contribution in [2.45, 2.75) is 46.0 Å². The van der Waals surface area contributed by atoms with Gasteiger partial charge in [-0.05, 0) is 25.7 Å². The number of nitrogens with one attached hydrogen (secondary N) is 2. The lowest BCUT2D eigenvalue weighted by Crippen LogP contribution is -2.36. The molecule has 0 heterocycles. The molecular weight excluding hydrogens is 220 g/mol. The molecule has 5 nitrogen and oxygen atoms in total. The summed E-state index contributed by atoms with van der Waals surface area (Å²) in [5.74, 6) is -0.360. The Balaban J connectivity index is 3.75. The van der Waals surface area contributed by atoms with Crippen molar-refractivity contribution in [3.05, 3.63) is 0 Å². The summed E-state index contributed by atoms with van der Waals surface area (Å²) in [6.45, 7) is 5.18. The van der Waals surface area contributed by atoms with Crippen LogP contribution in [0.1, 0.15) is 46.0 Å². The first-order valence-electron chi connectivity index (χ1n) is 6.33. The van der Waals surface area contributed by atoms with Gasteiger partial charge in [-0.1, -0.05) is 19.8 Å². The Labute approximate surface area is 103 Å². The molecule has 0 aromatic heterocycles. The second kappa shape index (κ2) is 9.93. The number of rotatable bonds is 9.